The summed E-state index contributed by atoms with van der Waals surface area (Å²) in [7, 11) is 1.47. The maximum absolute atomic E-state index is 13.4. The van der Waals surface area contributed by atoms with Crippen LogP contribution in [0.4, 0.5) is 18.9 Å². The Labute approximate surface area is 193 Å². The number of ether oxygens (including phenoxy) is 2. The van der Waals surface area contributed by atoms with E-state index in [1.54, 1.807) is 20.8 Å². The van der Waals surface area contributed by atoms with E-state index < -0.39 is 34.5 Å². The van der Waals surface area contributed by atoms with Crippen molar-refractivity contribution in [2.45, 2.75) is 44.2 Å². The van der Waals surface area contributed by atoms with Crippen molar-refractivity contribution in [1.82, 2.24) is 0 Å². The molecule has 0 aromatic heterocycles. The van der Waals surface area contributed by atoms with Gasteiger partial charge in [-0.15, -0.1) is 13.2 Å². The third-order valence-electron chi connectivity index (χ3n) is 4.79. The van der Waals surface area contributed by atoms with Crippen LogP contribution in [0.1, 0.15) is 47.1 Å². The normalized spacial score (nSPS) is 18.3. The molecule has 0 spiro atoms. The molecule has 32 heavy (non-hydrogen) atoms. The Morgan fingerprint density at radius 3 is 2.31 bits per heavy atom. The summed E-state index contributed by atoms with van der Waals surface area (Å²) in [5, 5.41) is -0.00793. The van der Waals surface area contributed by atoms with Crippen LogP contribution in [0.5, 0.6) is 5.75 Å². The first-order chi connectivity index (χ1) is 14.6. The van der Waals surface area contributed by atoms with E-state index in [9.17, 15) is 22.8 Å². The second kappa shape index (κ2) is 8.15. The van der Waals surface area contributed by atoms with E-state index in [-0.39, 0.29) is 28.3 Å². The Morgan fingerprint density at radius 1 is 1.09 bits per heavy atom. The first-order valence-electron chi connectivity index (χ1n) is 9.50. The number of carbonyl (C=O) groups is 2. The van der Waals surface area contributed by atoms with E-state index in [0.29, 0.717) is 5.56 Å². The van der Waals surface area contributed by atoms with Crippen molar-refractivity contribution in [3.8, 4) is 5.75 Å². The summed E-state index contributed by atoms with van der Waals surface area (Å²) < 4.78 is 47.2. The number of likely N-dealkylation sites (N-methyl/N-ethyl adjacent to an activating group) is 1. The number of hydrogen-bond acceptors (Lipinski definition) is 5. The molecule has 0 N–H and O–H groups in total. The fourth-order valence-electron chi connectivity index (χ4n) is 3.39. The molecule has 3 rings (SSSR count). The Kier molecular flexibility index (Phi) is 6.17. The zero-order chi connectivity index (χ0) is 24.1. The van der Waals surface area contributed by atoms with Crippen LogP contribution in [0.3, 0.4) is 0 Å². The van der Waals surface area contributed by atoms with Gasteiger partial charge in [0.1, 0.15) is 11.4 Å². The smallest absolute Gasteiger partial charge is 0.456 e. The summed E-state index contributed by atoms with van der Waals surface area (Å²) in [6, 6.07) is 8.06. The number of anilines is 1. The maximum atomic E-state index is 13.4. The minimum absolute atomic E-state index is 0.00793. The van der Waals surface area contributed by atoms with Crippen LogP contribution in [0.25, 0.3) is 0 Å². The number of alkyl halides is 4. The second-order valence-electron chi connectivity index (χ2n) is 8.36. The first kappa shape index (κ1) is 24.2. The van der Waals surface area contributed by atoms with Gasteiger partial charge in [-0.1, -0.05) is 35.3 Å². The number of halogens is 5. The summed E-state index contributed by atoms with van der Waals surface area (Å²) >= 11 is 12.9. The van der Waals surface area contributed by atoms with E-state index in [0.717, 1.165) is 12.1 Å². The molecule has 1 aliphatic heterocycles. The number of Topliss-reactive ketones (excluding diaryl/α,β-unsaturated/α-hetero) is 1. The van der Waals surface area contributed by atoms with Gasteiger partial charge in [-0.05, 0) is 44.5 Å². The lowest BCUT2D eigenvalue weighted by Gasteiger charge is -2.30. The molecular weight excluding hydrogens is 470 g/mol. The van der Waals surface area contributed by atoms with Crippen molar-refractivity contribution < 1.29 is 32.2 Å². The average Bonchev–Trinajstić information content (AvgIpc) is 2.91. The number of fused-ring (bicyclic) bond motifs is 1. The van der Waals surface area contributed by atoms with Gasteiger partial charge in [-0.2, -0.15) is 0 Å². The van der Waals surface area contributed by atoms with Gasteiger partial charge in [0.05, 0.1) is 5.56 Å². The predicted molar refractivity (Wildman–Crippen MR) is 115 cm³/mol. The average molecular weight is 490 g/mol. The van der Waals surface area contributed by atoms with E-state index in [1.807, 2.05) is 0 Å². The van der Waals surface area contributed by atoms with Crippen molar-refractivity contribution >= 4 is 40.6 Å². The topological polar surface area (TPSA) is 55.8 Å². The van der Waals surface area contributed by atoms with Gasteiger partial charge in [0, 0.05) is 35.8 Å². The molecule has 0 radical (unpaired) electrons. The molecule has 0 amide bonds. The molecule has 172 valence electrons. The maximum Gasteiger partial charge on any atom is 0.573 e. The van der Waals surface area contributed by atoms with E-state index >= 15 is 0 Å². The van der Waals surface area contributed by atoms with E-state index in [4.69, 9.17) is 27.9 Å². The molecule has 0 saturated heterocycles. The molecule has 10 heteroatoms. The zero-order valence-corrected chi connectivity index (χ0v) is 19.2. The van der Waals surface area contributed by atoms with Gasteiger partial charge in [-0.3, -0.25) is 4.79 Å². The Morgan fingerprint density at radius 2 is 1.72 bits per heavy atom. The lowest BCUT2D eigenvalue weighted by Crippen LogP contribution is -2.46. The van der Waals surface area contributed by atoms with Crippen LogP contribution < -0.4 is 9.64 Å². The molecule has 0 fully saturated rings. The predicted octanol–water partition coefficient (Wildman–Crippen LogP) is 6.00. The summed E-state index contributed by atoms with van der Waals surface area (Å²) in [5.74, 6) is -1.66. The highest BCUT2D eigenvalue weighted by atomic mass is 35.5. The van der Waals surface area contributed by atoms with Gasteiger partial charge in [0.25, 0.3) is 0 Å². The standard InChI is InChI=1S/C22H20Cl2F3NO4/c1-20(2,3)32-19(30)13-7-5-6-12(8-13)18(29)21(24)11-15-16(23)9-14(31-22(25,26)27)10-17(15)28(21)4/h5-10H,11H2,1-4H3. The minimum atomic E-state index is -4.90. The first-order valence-corrected chi connectivity index (χ1v) is 10.3. The molecule has 2 aromatic rings. The number of nitrogens with zero attached hydrogens (tertiary/aromatic N) is 1. The molecule has 5 nitrogen and oxygen atoms in total. The quantitative estimate of drug-likeness (QED) is 0.228. The highest BCUT2D eigenvalue weighted by Crippen LogP contribution is 2.47. The molecule has 0 saturated carbocycles. The van der Waals surface area contributed by atoms with Crippen molar-refractivity contribution in [2.24, 2.45) is 0 Å². The molecule has 1 unspecified atom stereocenters. The number of esters is 1. The summed E-state index contributed by atoms with van der Waals surface area (Å²) in [6.45, 7) is 5.16. The van der Waals surface area contributed by atoms with Crippen LogP contribution in [0.2, 0.25) is 5.02 Å². The van der Waals surface area contributed by atoms with Crippen LogP contribution in [0, 0.1) is 0 Å². The molecular formula is C22H20Cl2F3NO4. The minimum Gasteiger partial charge on any atom is -0.456 e. The molecule has 1 atom stereocenters. The molecule has 2 aromatic carbocycles. The van der Waals surface area contributed by atoms with Gasteiger partial charge < -0.3 is 14.4 Å². The monoisotopic (exact) mass is 489 g/mol. The lowest BCUT2D eigenvalue weighted by molar-refractivity contribution is -0.274. The van der Waals surface area contributed by atoms with E-state index in [2.05, 4.69) is 4.74 Å². The molecule has 0 bridgehead atoms. The Hall–Kier alpha value is -2.45. The number of carbonyl (C=O) groups excluding carboxylic acids is 2. The van der Waals surface area contributed by atoms with Gasteiger partial charge in [0.2, 0.25) is 5.78 Å². The molecule has 1 aliphatic rings. The number of benzene rings is 2. The van der Waals surface area contributed by atoms with Gasteiger partial charge in [-0.25, -0.2) is 4.79 Å². The number of hydrogen-bond donors (Lipinski definition) is 0. The largest absolute Gasteiger partial charge is 0.573 e. The molecule has 0 aliphatic carbocycles. The van der Waals surface area contributed by atoms with Crippen molar-refractivity contribution in [2.75, 3.05) is 11.9 Å². The fourth-order valence-corrected chi connectivity index (χ4v) is 3.99. The van der Waals surface area contributed by atoms with E-state index in [1.165, 1.54) is 36.2 Å². The van der Waals surface area contributed by atoms with Crippen LogP contribution in [-0.4, -0.2) is 35.8 Å². The van der Waals surface area contributed by atoms with Gasteiger partial charge >= 0.3 is 12.3 Å². The SMILES string of the molecule is CN1c2cc(OC(F)(F)F)cc(Cl)c2CC1(Cl)C(=O)c1cccc(C(=O)OC(C)(C)C)c1. The Balaban J connectivity index is 1.93. The zero-order valence-electron chi connectivity index (χ0n) is 17.6. The van der Waals surface area contributed by atoms with Crippen molar-refractivity contribution in [3.05, 3.63) is 58.1 Å². The van der Waals surface area contributed by atoms with Crippen LogP contribution in [0.15, 0.2) is 36.4 Å². The van der Waals surface area contributed by atoms with Crippen molar-refractivity contribution in [1.29, 1.82) is 0 Å². The fraction of sp³-hybridized carbons (Fsp3) is 0.364. The summed E-state index contributed by atoms with van der Waals surface area (Å²) in [6.07, 6.45) is -4.95. The second-order valence-corrected chi connectivity index (χ2v) is 9.39. The third-order valence-corrected chi connectivity index (χ3v) is 5.69. The van der Waals surface area contributed by atoms with Crippen LogP contribution >= 0.6 is 23.2 Å². The molecule has 1 heterocycles. The summed E-state index contributed by atoms with van der Waals surface area (Å²) in [5.41, 5.74) is 0.248. The van der Waals surface area contributed by atoms with Crippen LogP contribution in [-0.2, 0) is 11.2 Å². The summed E-state index contributed by atoms with van der Waals surface area (Å²) in [4.78, 5) is 25.4. The number of rotatable bonds is 4. The third kappa shape index (κ3) is 4.96. The highest BCUT2D eigenvalue weighted by molar-refractivity contribution is 6.41. The Bertz CT molecular complexity index is 1080. The lowest BCUT2D eigenvalue weighted by atomic mass is 9.98. The van der Waals surface area contributed by atoms with Gasteiger partial charge in [0.15, 0.2) is 5.00 Å². The van der Waals surface area contributed by atoms with Crippen molar-refractivity contribution in [3.63, 3.8) is 0 Å². The highest BCUT2D eigenvalue weighted by Gasteiger charge is 2.48. The number of ketones is 1.